The van der Waals surface area contributed by atoms with Crippen LogP contribution < -0.4 is 32.6 Å². The number of nitrogens with zero attached hydrogens (tertiary/aromatic N) is 4. The first-order valence-electron chi connectivity index (χ1n) is 23.5. The molecule has 2 aromatic heterocycles. The highest BCUT2D eigenvalue weighted by Gasteiger charge is 2.46. The van der Waals surface area contributed by atoms with E-state index in [4.69, 9.17) is 15.5 Å². The van der Waals surface area contributed by atoms with Crippen LogP contribution in [0.2, 0.25) is 0 Å². The summed E-state index contributed by atoms with van der Waals surface area (Å²) in [7, 11) is 0. The second kappa shape index (κ2) is 20.7. The Hall–Kier alpha value is -8.14. The van der Waals surface area contributed by atoms with Gasteiger partial charge in [-0.15, -0.1) is 0 Å². The molecule has 8 rings (SSSR count). The van der Waals surface area contributed by atoms with Gasteiger partial charge in [0, 0.05) is 67.1 Å². The number of nitrogens with two attached hydrogens (primary N) is 1. The summed E-state index contributed by atoms with van der Waals surface area (Å²) < 4.78 is 22.3. The number of aliphatic hydroxyl groups is 1. The summed E-state index contributed by atoms with van der Waals surface area (Å²) in [4.78, 5) is 137. The van der Waals surface area contributed by atoms with Gasteiger partial charge in [0.25, 0.3) is 17.4 Å². The van der Waals surface area contributed by atoms with E-state index in [1.807, 2.05) is 0 Å². The van der Waals surface area contributed by atoms with Crippen molar-refractivity contribution in [3.63, 3.8) is 0 Å². The molecule has 7 N–H and O–H groups in total. The van der Waals surface area contributed by atoms with Crippen molar-refractivity contribution in [3.8, 4) is 11.4 Å². The average Bonchev–Trinajstić information content (AvgIpc) is 3.90. The Bertz CT molecular complexity index is 3050. The molecule has 0 saturated carbocycles. The van der Waals surface area contributed by atoms with Crippen molar-refractivity contribution in [2.45, 2.75) is 89.6 Å². The summed E-state index contributed by atoms with van der Waals surface area (Å²) in [5, 5.41) is 22.0. The Balaban J connectivity index is 0.997. The molecule has 22 heteroatoms. The lowest BCUT2D eigenvalue weighted by atomic mass is 9.81. The smallest absolute Gasteiger partial charge is 0.343 e. The Morgan fingerprint density at radius 3 is 2.35 bits per heavy atom. The minimum Gasteiger partial charge on any atom is -0.458 e. The Morgan fingerprint density at radius 2 is 1.64 bits per heavy atom. The number of cyclic esters (lactones) is 1. The molecule has 72 heavy (non-hydrogen) atoms. The lowest BCUT2D eigenvalue weighted by Crippen LogP contribution is -2.53. The monoisotopic (exact) mass is 989 g/mol. The summed E-state index contributed by atoms with van der Waals surface area (Å²) in [5.74, 6) is -6.51. The van der Waals surface area contributed by atoms with Gasteiger partial charge in [-0.05, 0) is 60.9 Å². The van der Waals surface area contributed by atoms with Crippen LogP contribution in [0.5, 0.6) is 0 Å². The molecule has 3 atom stereocenters. The maximum Gasteiger partial charge on any atom is 0.343 e. The Kier molecular flexibility index (Phi) is 14.4. The Labute approximate surface area is 410 Å². The number of halogens is 1. The van der Waals surface area contributed by atoms with Crippen LogP contribution in [-0.4, -0.2) is 116 Å². The third-order valence-corrected chi connectivity index (χ3v) is 13.6. The summed E-state index contributed by atoms with van der Waals surface area (Å²) in [6, 6.07) is 9.41. The highest BCUT2D eigenvalue weighted by atomic mass is 19.1. The summed E-state index contributed by atoms with van der Waals surface area (Å²) in [5.41, 5.74) is 6.65. The second-order valence-electron chi connectivity index (χ2n) is 18.0. The predicted octanol–water partition coefficient (Wildman–Crippen LogP) is -0.000280. The topological polar surface area (TPSA) is 299 Å². The fourth-order valence-corrected chi connectivity index (χ4v) is 9.78. The van der Waals surface area contributed by atoms with Crippen LogP contribution in [0.1, 0.15) is 84.0 Å². The number of esters is 1. The molecular weight excluding hydrogens is 938 g/mol. The van der Waals surface area contributed by atoms with Crippen LogP contribution in [0.25, 0.3) is 22.3 Å². The molecule has 376 valence electrons. The SMILES string of the molecule is CC[C@@]1(O)C(=O)OCc2c1cc1n(c2=O)Cc2c-1nc1cc(F)c(C)c3c1c2[C@@H](N(CCC(N)=O)C(=O)CNC(=O)[C@H](Cc1ccccc1)NC(=O)CNC(=O)CNC(=O)CCCN1C(=O)C=CC1=O)CC3. The predicted molar refractivity (Wildman–Crippen MR) is 252 cm³/mol. The fraction of sp³-hybridized carbons (Fsp3) is 0.380. The van der Waals surface area contributed by atoms with Gasteiger partial charge < -0.3 is 46.3 Å². The number of ether oxygens (including phenoxy) is 1. The van der Waals surface area contributed by atoms with E-state index in [2.05, 4.69) is 21.3 Å². The van der Waals surface area contributed by atoms with Crippen molar-refractivity contribution >= 4 is 64.1 Å². The molecule has 3 aliphatic heterocycles. The van der Waals surface area contributed by atoms with E-state index < -0.39 is 102 Å². The molecule has 8 amide bonds. The highest BCUT2D eigenvalue weighted by molar-refractivity contribution is 6.12. The van der Waals surface area contributed by atoms with Crippen LogP contribution in [0.4, 0.5) is 4.39 Å². The number of aryl methyl sites for hydroxylation is 1. The van der Waals surface area contributed by atoms with Crippen molar-refractivity contribution in [1.29, 1.82) is 0 Å². The summed E-state index contributed by atoms with van der Waals surface area (Å²) in [6.07, 6.45) is 2.47. The van der Waals surface area contributed by atoms with Crippen LogP contribution in [0.15, 0.2) is 59.4 Å². The van der Waals surface area contributed by atoms with Gasteiger partial charge in [0.05, 0.1) is 54.7 Å². The van der Waals surface area contributed by atoms with Gasteiger partial charge in [0.2, 0.25) is 35.4 Å². The maximum absolute atomic E-state index is 15.6. The first-order valence-corrected chi connectivity index (χ1v) is 23.5. The number of benzene rings is 2. The zero-order chi connectivity index (χ0) is 51.6. The van der Waals surface area contributed by atoms with E-state index in [1.165, 1.54) is 21.6 Å². The molecular formula is C50H52FN9O12. The number of rotatable bonds is 19. The highest BCUT2D eigenvalue weighted by Crippen LogP contribution is 2.47. The average molecular weight is 990 g/mol. The van der Waals surface area contributed by atoms with E-state index in [1.54, 1.807) is 44.2 Å². The molecule has 5 heterocycles. The van der Waals surface area contributed by atoms with E-state index in [0.717, 1.165) is 17.1 Å². The molecule has 1 aliphatic carbocycles. The molecule has 4 aliphatic rings. The molecule has 0 saturated heterocycles. The van der Waals surface area contributed by atoms with Gasteiger partial charge in [-0.25, -0.2) is 14.2 Å². The van der Waals surface area contributed by atoms with Gasteiger partial charge in [-0.3, -0.25) is 48.1 Å². The number of aromatic nitrogens is 2. The van der Waals surface area contributed by atoms with Crippen molar-refractivity contribution < 1.29 is 57.4 Å². The minimum absolute atomic E-state index is 0.0239. The first-order chi connectivity index (χ1) is 34.4. The number of carbonyl (C=O) groups is 9. The number of primary amides is 1. The zero-order valence-corrected chi connectivity index (χ0v) is 39.4. The minimum atomic E-state index is -2.11. The largest absolute Gasteiger partial charge is 0.458 e. The number of hydrogen-bond acceptors (Lipinski definition) is 13. The molecule has 21 nitrogen and oxygen atoms in total. The van der Waals surface area contributed by atoms with E-state index >= 15 is 4.39 Å². The first kappa shape index (κ1) is 50.3. The molecule has 0 fully saturated rings. The van der Waals surface area contributed by atoms with Gasteiger partial charge in [0.15, 0.2) is 5.60 Å². The summed E-state index contributed by atoms with van der Waals surface area (Å²) in [6.45, 7) is 0.946. The van der Waals surface area contributed by atoms with Crippen LogP contribution >= 0.6 is 0 Å². The van der Waals surface area contributed by atoms with Crippen LogP contribution in [0.3, 0.4) is 0 Å². The number of fused-ring (bicyclic) bond motifs is 5. The third-order valence-electron chi connectivity index (χ3n) is 13.6. The van der Waals surface area contributed by atoms with Crippen molar-refractivity contribution in [2.24, 2.45) is 5.73 Å². The summed E-state index contributed by atoms with van der Waals surface area (Å²) >= 11 is 0. The quantitative estimate of drug-likeness (QED) is 0.0470. The fourth-order valence-electron chi connectivity index (χ4n) is 9.78. The van der Waals surface area contributed by atoms with Crippen molar-refractivity contribution in [1.82, 2.24) is 40.6 Å². The lowest BCUT2D eigenvalue weighted by molar-refractivity contribution is -0.172. The van der Waals surface area contributed by atoms with Crippen LogP contribution in [-0.2, 0) is 79.5 Å². The number of carbonyl (C=O) groups excluding carboxylic acids is 9. The molecule has 2 aromatic carbocycles. The van der Waals surface area contributed by atoms with Crippen molar-refractivity contribution in [3.05, 3.63) is 110 Å². The molecule has 0 spiro atoms. The van der Waals surface area contributed by atoms with Gasteiger partial charge >= 0.3 is 5.97 Å². The van der Waals surface area contributed by atoms with E-state index in [9.17, 15) is 53.1 Å². The maximum atomic E-state index is 15.6. The number of hydrogen-bond donors (Lipinski definition) is 6. The standard InChI is InChI=1S/C50H52FN9O12/c1-3-50(71)31-19-36-46-29(24-60(36)48(69)30(31)25-72-49(50)70)45-35(12-11-28-26(2)32(51)20-33(57-46)44(28)45)58(17-15-37(52)61)43(67)23-55-47(68)34(18-27-8-5-4-6-9-27)56-40(64)22-54-39(63)21-53-38(62)10-7-16-59-41(65)13-14-42(59)66/h4-6,8-9,13-14,19-20,34-35,71H,3,7,10-12,15-18,21-25H2,1-2H3,(H2,52,61)(H,53,62)(H,54,63)(H,55,68)(H,56,64)/t34-,35-,50-/m0/s1. The zero-order valence-electron chi connectivity index (χ0n) is 39.4. The van der Waals surface area contributed by atoms with E-state index in [0.29, 0.717) is 33.2 Å². The second-order valence-corrected chi connectivity index (χ2v) is 18.0. The van der Waals surface area contributed by atoms with Gasteiger partial charge in [-0.2, -0.15) is 0 Å². The Morgan fingerprint density at radius 1 is 0.931 bits per heavy atom. The lowest BCUT2D eigenvalue weighted by Gasteiger charge is -2.37. The number of nitrogens with one attached hydrogen (secondary N) is 4. The van der Waals surface area contributed by atoms with Gasteiger partial charge in [-0.1, -0.05) is 37.3 Å². The third kappa shape index (κ3) is 9.94. The molecule has 0 bridgehead atoms. The van der Waals surface area contributed by atoms with E-state index in [-0.39, 0.29) is 99.2 Å². The van der Waals surface area contributed by atoms with Crippen LogP contribution in [0, 0.1) is 12.7 Å². The van der Waals surface area contributed by atoms with Gasteiger partial charge in [0.1, 0.15) is 18.5 Å². The van der Waals surface area contributed by atoms with Crippen molar-refractivity contribution in [2.75, 3.05) is 32.7 Å². The number of imide groups is 1. The number of pyridine rings is 2. The molecule has 0 unspecified atom stereocenters. The number of amides is 8. The molecule has 4 aromatic rings. The normalized spacial score (nSPS) is 17.6. The molecule has 0 radical (unpaired) electrons.